The van der Waals surface area contributed by atoms with E-state index in [9.17, 15) is 4.79 Å². The number of nitrogens with one attached hydrogen (secondary N) is 2. The summed E-state index contributed by atoms with van der Waals surface area (Å²) in [5, 5.41) is 6.70. The molecule has 0 fully saturated rings. The molecule has 116 valence electrons. The minimum atomic E-state index is 0.00737. The van der Waals surface area contributed by atoms with Gasteiger partial charge in [0.25, 0.3) is 0 Å². The Balaban J connectivity index is 1.91. The molecule has 2 aromatic rings. The number of rotatable bonds is 4. The Morgan fingerprint density at radius 2 is 2.09 bits per heavy atom. The van der Waals surface area contributed by atoms with Crippen LogP contribution in [-0.4, -0.2) is 24.0 Å². The van der Waals surface area contributed by atoms with Crippen molar-refractivity contribution in [1.82, 2.24) is 4.98 Å². The number of nitrogens with zero attached hydrogens (tertiary/aromatic N) is 1. The minimum absolute atomic E-state index is 0.00737. The Labute approximate surface area is 133 Å². The molecule has 0 radical (unpaired) electrons. The second kappa shape index (κ2) is 5.96. The Morgan fingerprint density at radius 1 is 1.36 bits per heavy atom. The molecule has 6 heteroatoms. The average Bonchev–Trinajstić information content (AvgIpc) is 2.89. The normalized spacial score (nSPS) is 17.1. The number of carbonyl (C=O) groups excluding carboxylic acids is 1. The predicted octanol–water partition coefficient (Wildman–Crippen LogP) is 3.45. The summed E-state index contributed by atoms with van der Waals surface area (Å²) >= 11 is 1.59. The first-order valence-corrected chi connectivity index (χ1v) is 8.13. The fourth-order valence-corrected chi connectivity index (χ4v) is 3.55. The lowest BCUT2D eigenvalue weighted by Gasteiger charge is -2.22. The number of benzene rings is 1. The average molecular weight is 317 g/mol. The lowest BCUT2D eigenvalue weighted by molar-refractivity contribution is -0.116. The van der Waals surface area contributed by atoms with Crippen LogP contribution in [0.1, 0.15) is 36.6 Å². The Kier molecular flexibility index (Phi) is 4.02. The van der Waals surface area contributed by atoms with Crippen molar-refractivity contribution < 1.29 is 9.53 Å². The summed E-state index contributed by atoms with van der Waals surface area (Å²) in [6, 6.07) is 7.98. The van der Waals surface area contributed by atoms with Crippen molar-refractivity contribution in [2.45, 2.75) is 32.3 Å². The van der Waals surface area contributed by atoms with E-state index in [4.69, 9.17) is 4.74 Å². The van der Waals surface area contributed by atoms with Crippen molar-refractivity contribution in [2.75, 3.05) is 17.7 Å². The van der Waals surface area contributed by atoms with Gasteiger partial charge in [0, 0.05) is 19.4 Å². The molecular formula is C16H19N3O2S. The molecule has 0 spiro atoms. The van der Waals surface area contributed by atoms with Gasteiger partial charge < -0.3 is 15.4 Å². The van der Waals surface area contributed by atoms with E-state index in [1.54, 1.807) is 11.3 Å². The van der Waals surface area contributed by atoms with Crippen LogP contribution in [0.5, 0.6) is 5.75 Å². The van der Waals surface area contributed by atoms with Gasteiger partial charge in [0.15, 0.2) is 5.13 Å². The van der Waals surface area contributed by atoms with Crippen molar-refractivity contribution in [3.8, 4) is 5.75 Å². The standard InChI is InChI=1S/C16H19N3O2S/c1-9(2)21-11-6-4-10(5-7-11)12-8-13(20)18-15-14(12)22-16(17-3)19-15/h4-7,9,12H,8H2,1-3H3,(H,17,19)(H,18,20)/t12-/m0/s1. The molecule has 2 N–H and O–H groups in total. The van der Waals surface area contributed by atoms with Crippen molar-refractivity contribution in [1.29, 1.82) is 0 Å². The zero-order valence-corrected chi connectivity index (χ0v) is 13.7. The molecule has 5 nitrogen and oxygen atoms in total. The highest BCUT2D eigenvalue weighted by Gasteiger charge is 2.30. The van der Waals surface area contributed by atoms with E-state index in [0.717, 1.165) is 21.3 Å². The molecular weight excluding hydrogens is 298 g/mol. The monoisotopic (exact) mass is 317 g/mol. The molecule has 0 unspecified atom stereocenters. The van der Waals surface area contributed by atoms with Crippen LogP contribution >= 0.6 is 11.3 Å². The zero-order valence-electron chi connectivity index (χ0n) is 12.8. The maximum absolute atomic E-state index is 11.9. The SMILES string of the molecule is CNc1nc2c(s1)[C@H](c1ccc(OC(C)C)cc1)CC(=O)N2. The summed E-state index contributed by atoms with van der Waals surface area (Å²) in [6.07, 6.45) is 0.598. The number of fused-ring (bicyclic) bond motifs is 1. The van der Waals surface area contributed by atoms with Crippen molar-refractivity contribution in [2.24, 2.45) is 0 Å². The van der Waals surface area contributed by atoms with Crippen LogP contribution in [0, 0.1) is 0 Å². The molecule has 3 rings (SSSR count). The van der Waals surface area contributed by atoms with Crippen molar-refractivity contribution in [3.05, 3.63) is 34.7 Å². The zero-order chi connectivity index (χ0) is 15.7. The molecule has 2 heterocycles. The summed E-state index contributed by atoms with van der Waals surface area (Å²) in [5.41, 5.74) is 1.11. The van der Waals surface area contributed by atoms with Crippen LogP contribution in [0.25, 0.3) is 0 Å². The second-order valence-electron chi connectivity index (χ2n) is 5.52. The van der Waals surface area contributed by atoms with Gasteiger partial charge in [-0.1, -0.05) is 23.5 Å². The molecule has 1 aromatic carbocycles. The smallest absolute Gasteiger partial charge is 0.226 e. The molecule has 1 amide bonds. The van der Waals surface area contributed by atoms with E-state index in [1.807, 2.05) is 45.2 Å². The number of hydrogen-bond donors (Lipinski definition) is 2. The Bertz CT molecular complexity index is 679. The van der Waals surface area contributed by atoms with E-state index in [-0.39, 0.29) is 17.9 Å². The third-order valence-corrected chi connectivity index (χ3v) is 4.67. The van der Waals surface area contributed by atoms with Crippen LogP contribution in [0.2, 0.25) is 0 Å². The van der Waals surface area contributed by atoms with Crippen LogP contribution in [0.3, 0.4) is 0 Å². The number of aromatic nitrogens is 1. The Hall–Kier alpha value is -2.08. The van der Waals surface area contributed by atoms with Gasteiger partial charge in [-0.05, 0) is 31.5 Å². The second-order valence-corrected chi connectivity index (χ2v) is 6.55. The number of ether oxygens (including phenoxy) is 1. The Morgan fingerprint density at radius 3 is 2.73 bits per heavy atom. The van der Waals surface area contributed by atoms with E-state index in [2.05, 4.69) is 15.6 Å². The first-order chi connectivity index (χ1) is 10.6. The lowest BCUT2D eigenvalue weighted by Crippen LogP contribution is -2.22. The minimum Gasteiger partial charge on any atom is -0.491 e. The fraction of sp³-hybridized carbons (Fsp3) is 0.375. The molecule has 1 aliphatic rings. The molecule has 0 bridgehead atoms. The summed E-state index contributed by atoms with van der Waals surface area (Å²) in [6.45, 7) is 4.00. The first kappa shape index (κ1) is 14.8. The fourth-order valence-electron chi connectivity index (χ4n) is 2.55. The largest absolute Gasteiger partial charge is 0.491 e. The maximum Gasteiger partial charge on any atom is 0.226 e. The molecule has 0 aliphatic carbocycles. The maximum atomic E-state index is 11.9. The van der Waals surface area contributed by atoms with Gasteiger partial charge in [-0.15, -0.1) is 0 Å². The number of anilines is 2. The summed E-state index contributed by atoms with van der Waals surface area (Å²) in [7, 11) is 1.83. The molecule has 0 saturated heterocycles. The molecule has 22 heavy (non-hydrogen) atoms. The summed E-state index contributed by atoms with van der Waals surface area (Å²) in [5.74, 6) is 1.59. The van der Waals surface area contributed by atoms with Crippen LogP contribution in [0.4, 0.5) is 10.9 Å². The van der Waals surface area contributed by atoms with Crippen LogP contribution in [-0.2, 0) is 4.79 Å². The topological polar surface area (TPSA) is 63.3 Å². The van der Waals surface area contributed by atoms with E-state index < -0.39 is 0 Å². The van der Waals surface area contributed by atoms with Crippen molar-refractivity contribution >= 4 is 28.2 Å². The predicted molar refractivity (Wildman–Crippen MR) is 89.0 cm³/mol. The number of hydrogen-bond acceptors (Lipinski definition) is 5. The van der Waals surface area contributed by atoms with Crippen molar-refractivity contribution in [3.63, 3.8) is 0 Å². The third-order valence-electron chi connectivity index (χ3n) is 3.49. The van der Waals surface area contributed by atoms with E-state index in [0.29, 0.717) is 12.2 Å². The van der Waals surface area contributed by atoms with Gasteiger partial charge in [-0.3, -0.25) is 4.79 Å². The van der Waals surface area contributed by atoms with E-state index >= 15 is 0 Å². The number of carbonyl (C=O) groups is 1. The van der Waals surface area contributed by atoms with Gasteiger partial charge in [0.1, 0.15) is 11.6 Å². The molecule has 1 atom stereocenters. The van der Waals surface area contributed by atoms with Gasteiger partial charge in [0.2, 0.25) is 5.91 Å². The first-order valence-electron chi connectivity index (χ1n) is 7.31. The highest BCUT2D eigenvalue weighted by Crippen LogP contribution is 2.42. The molecule has 0 saturated carbocycles. The summed E-state index contributed by atoms with van der Waals surface area (Å²) in [4.78, 5) is 17.4. The molecule has 1 aromatic heterocycles. The van der Waals surface area contributed by atoms with Gasteiger partial charge in [0.05, 0.1) is 11.0 Å². The van der Waals surface area contributed by atoms with E-state index in [1.165, 1.54) is 0 Å². The van der Waals surface area contributed by atoms with Gasteiger partial charge in [-0.25, -0.2) is 4.98 Å². The number of amides is 1. The highest BCUT2D eigenvalue weighted by atomic mass is 32.1. The van der Waals surface area contributed by atoms with Gasteiger partial charge in [-0.2, -0.15) is 0 Å². The third kappa shape index (κ3) is 2.92. The number of thiazole rings is 1. The lowest BCUT2D eigenvalue weighted by atomic mass is 9.91. The van der Waals surface area contributed by atoms with Crippen LogP contribution < -0.4 is 15.4 Å². The summed E-state index contributed by atoms with van der Waals surface area (Å²) < 4.78 is 5.67. The highest BCUT2D eigenvalue weighted by molar-refractivity contribution is 7.16. The quantitative estimate of drug-likeness (QED) is 0.906. The van der Waals surface area contributed by atoms with Crippen LogP contribution in [0.15, 0.2) is 24.3 Å². The molecule has 1 aliphatic heterocycles. The van der Waals surface area contributed by atoms with Gasteiger partial charge >= 0.3 is 0 Å².